The van der Waals surface area contributed by atoms with Crippen LogP contribution in [0.25, 0.3) is 105 Å². The summed E-state index contributed by atoms with van der Waals surface area (Å²) in [7, 11) is 0. The first-order chi connectivity index (χ1) is 31.8. The van der Waals surface area contributed by atoms with Crippen molar-refractivity contribution in [1.29, 1.82) is 0 Å². The van der Waals surface area contributed by atoms with Crippen molar-refractivity contribution in [2.75, 3.05) is 0 Å². The molecule has 0 saturated carbocycles. The summed E-state index contributed by atoms with van der Waals surface area (Å²) in [5.74, 6) is 0.702. The van der Waals surface area contributed by atoms with E-state index in [9.17, 15) is 0 Å². The zero-order chi connectivity index (χ0) is 41.9. The average molecular weight is 812 g/mol. The number of benzene rings is 10. The smallest absolute Gasteiger partial charge is 0.161 e. The lowest BCUT2D eigenvalue weighted by Crippen LogP contribution is -2.33. The molecular formula is C61H37N3. The highest BCUT2D eigenvalue weighted by Gasteiger charge is 2.51. The Hall–Kier alpha value is -8.40. The van der Waals surface area contributed by atoms with Crippen LogP contribution in [0.3, 0.4) is 0 Å². The van der Waals surface area contributed by atoms with Gasteiger partial charge in [-0.15, -0.1) is 0 Å². The van der Waals surface area contributed by atoms with Crippen molar-refractivity contribution in [3.05, 3.63) is 247 Å². The van der Waals surface area contributed by atoms with Crippen LogP contribution < -0.4 is 0 Å². The molecule has 3 heteroatoms. The van der Waals surface area contributed by atoms with Gasteiger partial charge in [-0.25, -0.2) is 9.97 Å². The van der Waals surface area contributed by atoms with E-state index in [0.29, 0.717) is 5.82 Å². The third-order valence-corrected chi connectivity index (χ3v) is 14.0. The van der Waals surface area contributed by atoms with Gasteiger partial charge in [0, 0.05) is 33.0 Å². The lowest BCUT2D eigenvalue weighted by molar-refractivity contribution is 0.749. The summed E-state index contributed by atoms with van der Waals surface area (Å²) in [6, 6.07) is 82.1. The van der Waals surface area contributed by atoms with Crippen molar-refractivity contribution >= 4 is 43.4 Å². The van der Waals surface area contributed by atoms with E-state index in [-0.39, 0.29) is 0 Å². The first-order valence-electron chi connectivity index (χ1n) is 22.1. The van der Waals surface area contributed by atoms with Crippen molar-refractivity contribution in [2.24, 2.45) is 0 Å². The van der Waals surface area contributed by atoms with E-state index in [4.69, 9.17) is 9.97 Å². The topological polar surface area (TPSA) is 30.7 Å². The molecule has 1 atom stereocenters. The molecule has 1 unspecified atom stereocenters. The normalized spacial score (nSPS) is 14.6. The molecule has 2 aromatic heterocycles. The second-order valence-corrected chi connectivity index (χ2v) is 17.2. The summed E-state index contributed by atoms with van der Waals surface area (Å²) in [6.45, 7) is 0. The molecule has 10 aromatic carbocycles. The average Bonchev–Trinajstić information content (AvgIpc) is 3.86. The van der Waals surface area contributed by atoms with Gasteiger partial charge < -0.3 is 4.57 Å². The van der Waals surface area contributed by atoms with Crippen molar-refractivity contribution in [1.82, 2.24) is 14.5 Å². The second kappa shape index (κ2) is 13.3. The Morgan fingerprint density at radius 2 is 0.859 bits per heavy atom. The van der Waals surface area contributed by atoms with Crippen molar-refractivity contribution < 1.29 is 0 Å². The Balaban J connectivity index is 1.12. The molecule has 296 valence electrons. The van der Waals surface area contributed by atoms with Crippen LogP contribution in [0.1, 0.15) is 22.3 Å². The predicted octanol–water partition coefficient (Wildman–Crippen LogP) is 15.2. The zero-order valence-corrected chi connectivity index (χ0v) is 34.7. The quantitative estimate of drug-likeness (QED) is 0.166. The highest BCUT2D eigenvalue weighted by molar-refractivity contribution is 6.21. The zero-order valence-electron chi connectivity index (χ0n) is 34.7. The molecule has 0 fully saturated rings. The van der Waals surface area contributed by atoms with Crippen LogP contribution in [0, 0.1) is 0 Å². The molecule has 64 heavy (non-hydrogen) atoms. The highest BCUT2D eigenvalue weighted by Crippen LogP contribution is 2.62. The maximum atomic E-state index is 5.52. The van der Waals surface area contributed by atoms with E-state index in [1.54, 1.807) is 0 Å². The fraction of sp³-hybridized carbons (Fsp3) is 0.0164. The van der Waals surface area contributed by atoms with E-state index in [1.165, 1.54) is 77.0 Å². The van der Waals surface area contributed by atoms with Gasteiger partial charge in [-0.3, -0.25) is 0 Å². The largest absolute Gasteiger partial charge is 0.309 e. The van der Waals surface area contributed by atoms with E-state index >= 15 is 0 Å². The van der Waals surface area contributed by atoms with Gasteiger partial charge in [-0.05, 0) is 84.8 Å². The molecule has 0 bridgehead atoms. The summed E-state index contributed by atoms with van der Waals surface area (Å²) in [5.41, 5.74) is 18.0. The molecule has 12 aromatic rings. The maximum absolute atomic E-state index is 5.52. The Morgan fingerprint density at radius 3 is 1.58 bits per heavy atom. The van der Waals surface area contributed by atoms with Gasteiger partial charge in [-0.2, -0.15) is 0 Å². The molecule has 1 aliphatic carbocycles. The molecule has 1 aliphatic heterocycles. The molecule has 14 rings (SSSR count). The summed E-state index contributed by atoms with van der Waals surface area (Å²) >= 11 is 0. The van der Waals surface area contributed by atoms with Gasteiger partial charge in [0.1, 0.15) is 0 Å². The number of hydrogen-bond acceptors (Lipinski definition) is 2. The molecule has 0 N–H and O–H groups in total. The van der Waals surface area contributed by atoms with Crippen molar-refractivity contribution in [2.45, 2.75) is 5.41 Å². The first kappa shape index (κ1) is 35.2. The molecule has 1 spiro atoms. The predicted molar refractivity (Wildman–Crippen MR) is 264 cm³/mol. The van der Waals surface area contributed by atoms with E-state index < -0.39 is 5.41 Å². The van der Waals surface area contributed by atoms with Crippen LogP contribution in [0.4, 0.5) is 0 Å². The number of hydrogen-bond donors (Lipinski definition) is 0. The third-order valence-electron chi connectivity index (χ3n) is 14.0. The Morgan fingerprint density at radius 1 is 0.328 bits per heavy atom. The Bertz CT molecular complexity index is 3840. The van der Waals surface area contributed by atoms with Gasteiger partial charge in [0.05, 0.1) is 33.5 Å². The van der Waals surface area contributed by atoms with Crippen LogP contribution in [-0.2, 0) is 5.41 Å². The molecule has 0 saturated heterocycles. The maximum Gasteiger partial charge on any atom is 0.161 e. The lowest BCUT2D eigenvalue weighted by Gasteiger charge is -2.39. The SMILES string of the molecule is c1ccc(-c2cc(-c3ccccc3)nc(-c3c(-c4ccc5c(c4)C4(c6ccccc6-5)c5ccccc5-n5c6ccccc6c6cccc4c65)c4ccccc4c4ccccc34)n2)cc1. The monoisotopic (exact) mass is 811 g/mol. The van der Waals surface area contributed by atoms with Gasteiger partial charge in [0.15, 0.2) is 5.82 Å². The molecule has 2 aliphatic rings. The summed E-state index contributed by atoms with van der Waals surface area (Å²) in [4.78, 5) is 11.0. The van der Waals surface area contributed by atoms with Crippen molar-refractivity contribution in [3.63, 3.8) is 0 Å². The molecule has 0 radical (unpaired) electrons. The van der Waals surface area contributed by atoms with Crippen molar-refractivity contribution in [3.8, 4) is 61.8 Å². The second-order valence-electron chi connectivity index (χ2n) is 17.2. The van der Waals surface area contributed by atoms with Crippen LogP contribution in [0.15, 0.2) is 224 Å². The number of nitrogens with zero attached hydrogens (tertiary/aromatic N) is 3. The highest BCUT2D eigenvalue weighted by atomic mass is 15.0. The first-order valence-corrected chi connectivity index (χ1v) is 22.1. The van der Waals surface area contributed by atoms with E-state index in [2.05, 4.69) is 229 Å². The Labute approximate surface area is 370 Å². The van der Waals surface area contributed by atoms with Crippen LogP contribution in [0.2, 0.25) is 0 Å². The Kier molecular flexibility index (Phi) is 7.32. The van der Waals surface area contributed by atoms with Crippen LogP contribution in [-0.4, -0.2) is 14.5 Å². The number of fused-ring (bicyclic) bond motifs is 15. The van der Waals surface area contributed by atoms with Crippen LogP contribution in [0.5, 0.6) is 0 Å². The minimum absolute atomic E-state index is 0.584. The molecule has 3 nitrogen and oxygen atoms in total. The van der Waals surface area contributed by atoms with Gasteiger partial charge in [0.25, 0.3) is 0 Å². The van der Waals surface area contributed by atoms with Gasteiger partial charge in [-0.1, -0.05) is 200 Å². The third kappa shape index (κ3) is 4.70. The van der Waals surface area contributed by atoms with E-state index in [1.807, 2.05) is 0 Å². The summed E-state index contributed by atoms with van der Waals surface area (Å²) < 4.78 is 2.52. The summed E-state index contributed by atoms with van der Waals surface area (Å²) in [5, 5.41) is 7.22. The summed E-state index contributed by atoms with van der Waals surface area (Å²) in [6.07, 6.45) is 0. The van der Waals surface area contributed by atoms with E-state index in [0.717, 1.165) is 44.6 Å². The fourth-order valence-electron chi connectivity index (χ4n) is 11.5. The number of para-hydroxylation sites is 3. The van der Waals surface area contributed by atoms with Gasteiger partial charge in [0.2, 0.25) is 0 Å². The molecule has 3 heterocycles. The minimum Gasteiger partial charge on any atom is -0.309 e. The minimum atomic E-state index is -0.584. The lowest BCUT2D eigenvalue weighted by atomic mass is 9.65. The number of aromatic nitrogens is 3. The molecule has 0 amide bonds. The number of rotatable bonds is 4. The fourth-order valence-corrected chi connectivity index (χ4v) is 11.5. The van der Waals surface area contributed by atoms with Crippen LogP contribution >= 0.6 is 0 Å². The molecular weight excluding hydrogens is 775 g/mol. The van der Waals surface area contributed by atoms with Gasteiger partial charge >= 0.3 is 0 Å². The standard InChI is InChI=1S/C61H37N3/c1-3-18-38(19-4-1)53-37-54(39-20-5-2-6-21-39)63-60(62-53)58-47-27-10-8-23-42(47)41-22-7-9-26-46(41)57(58)40-34-35-44-43-24-11-13-29-49(43)61(52(44)36-40)50-30-14-16-33-56(50)64-55-32-15-12-25-45(55)48-28-17-31-51(61)59(48)64/h1-37H.